The third-order valence-corrected chi connectivity index (χ3v) is 4.97. The number of halogens is 1. The van der Waals surface area contributed by atoms with E-state index in [1.807, 2.05) is 41.5 Å². The van der Waals surface area contributed by atoms with Crippen molar-refractivity contribution in [2.75, 3.05) is 11.9 Å². The fourth-order valence-electron chi connectivity index (χ4n) is 3.52. The van der Waals surface area contributed by atoms with Crippen LogP contribution in [-0.4, -0.2) is 50.7 Å². The maximum atomic E-state index is 12.5. The van der Waals surface area contributed by atoms with Crippen LogP contribution in [0.25, 0.3) is 11.4 Å². The second-order valence-corrected chi connectivity index (χ2v) is 6.85. The number of carbonyl (C=O) groups is 2. The molecule has 0 saturated carbocycles. The summed E-state index contributed by atoms with van der Waals surface area (Å²) in [4.78, 5) is 28.1. The third-order valence-electron chi connectivity index (χ3n) is 4.64. The van der Waals surface area contributed by atoms with E-state index in [1.54, 1.807) is 13.1 Å². The Bertz CT molecular complexity index is 879. The van der Waals surface area contributed by atoms with Gasteiger partial charge >= 0.3 is 6.03 Å². The molecule has 9 heteroatoms. The lowest BCUT2D eigenvalue weighted by Crippen LogP contribution is -2.62. The van der Waals surface area contributed by atoms with E-state index in [0.717, 1.165) is 0 Å². The average Bonchev–Trinajstić information content (AvgIpc) is 3.11. The van der Waals surface area contributed by atoms with Crippen molar-refractivity contribution in [3.8, 4) is 11.4 Å². The van der Waals surface area contributed by atoms with Crippen LogP contribution in [0.3, 0.4) is 0 Å². The van der Waals surface area contributed by atoms with Gasteiger partial charge in [0.2, 0.25) is 5.95 Å². The minimum absolute atomic E-state index is 0.00407. The van der Waals surface area contributed by atoms with Gasteiger partial charge in [-0.15, -0.1) is 10.2 Å². The Morgan fingerprint density at radius 1 is 1.20 bits per heavy atom. The molecule has 1 fully saturated rings. The monoisotopic (exact) mass is 360 g/mol. The second kappa shape index (κ2) is 5.45. The predicted octanol–water partition coefficient (Wildman–Crippen LogP) is 1.88. The molecule has 1 N–H and O–H groups in total. The zero-order valence-corrected chi connectivity index (χ0v) is 14.7. The van der Waals surface area contributed by atoms with E-state index in [9.17, 15) is 9.59 Å². The molecule has 1 aromatic carbocycles. The number of anilines is 1. The number of carbonyl (C=O) groups excluding carboxylic acids is 2. The molecule has 0 aliphatic carbocycles. The van der Waals surface area contributed by atoms with Gasteiger partial charge in [0.15, 0.2) is 11.9 Å². The third kappa shape index (κ3) is 2.13. The summed E-state index contributed by atoms with van der Waals surface area (Å²) in [5.41, 5.74) is 0.708. The molecular formula is C16H17ClN6O2. The Labute approximate surface area is 149 Å². The number of amides is 3. The highest BCUT2D eigenvalue weighted by molar-refractivity contribution is 6.33. The molecule has 0 bridgehead atoms. The summed E-state index contributed by atoms with van der Waals surface area (Å²) >= 11 is 6.33. The number of benzene rings is 1. The Hall–Kier alpha value is -2.61. The first kappa shape index (κ1) is 15.9. The molecule has 2 aliphatic heterocycles. The molecule has 130 valence electrons. The molecule has 1 saturated heterocycles. The van der Waals surface area contributed by atoms with Gasteiger partial charge in [0.05, 0.1) is 5.02 Å². The van der Waals surface area contributed by atoms with Crippen LogP contribution in [0.15, 0.2) is 24.3 Å². The number of aromatic nitrogens is 3. The lowest BCUT2D eigenvalue weighted by molar-refractivity contribution is -0.125. The summed E-state index contributed by atoms with van der Waals surface area (Å²) in [6.45, 7) is 3.94. The highest BCUT2D eigenvalue weighted by Crippen LogP contribution is 2.42. The van der Waals surface area contributed by atoms with Gasteiger partial charge in [-0.05, 0) is 26.0 Å². The summed E-state index contributed by atoms with van der Waals surface area (Å²) in [5.74, 6) is 0.752. The molecule has 1 aromatic heterocycles. The molecule has 2 aliphatic rings. The fraction of sp³-hybridized carbons (Fsp3) is 0.375. The Balaban J connectivity index is 1.94. The van der Waals surface area contributed by atoms with Gasteiger partial charge in [-0.25, -0.2) is 4.79 Å². The van der Waals surface area contributed by atoms with Crippen LogP contribution in [0.1, 0.15) is 20.0 Å². The van der Waals surface area contributed by atoms with Crippen molar-refractivity contribution in [3.05, 3.63) is 29.3 Å². The lowest BCUT2D eigenvalue weighted by atomic mass is 10.1. The lowest BCUT2D eigenvalue weighted by Gasteiger charge is -2.38. The van der Waals surface area contributed by atoms with Crippen LogP contribution in [-0.2, 0) is 4.79 Å². The summed E-state index contributed by atoms with van der Waals surface area (Å²) < 4.78 is 1.82. The highest BCUT2D eigenvalue weighted by atomic mass is 35.5. The van der Waals surface area contributed by atoms with E-state index in [2.05, 4.69) is 15.5 Å². The summed E-state index contributed by atoms with van der Waals surface area (Å²) in [7, 11) is 1.66. The van der Waals surface area contributed by atoms with Crippen molar-refractivity contribution >= 4 is 29.5 Å². The van der Waals surface area contributed by atoms with Gasteiger partial charge in [-0.3, -0.25) is 14.7 Å². The topological polar surface area (TPSA) is 83.4 Å². The van der Waals surface area contributed by atoms with E-state index in [1.165, 1.54) is 4.90 Å². The van der Waals surface area contributed by atoms with Crippen LogP contribution in [0.2, 0.25) is 5.02 Å². The maximum absolute atomic E-state index is 12.5. The summed E-state index contributed by atoms with van der Waals surface area (Å²) in [5, 5.41) is 11.5. The molecule has 2 atom stereocenters. The van der Waals surface area contributed by atoms with Crippen molar-refractivity contribution in [2.45, 2.75) is 32.1 Å². The predicted molar refractivity (Wildman–Crippen MR) is 92.2 cm³/mol. The maximum Gasteiger partial charge on any atom is 0.325 e. The minimum Gasteiger partial charge on any atom is -0.322 e. The Kier molecular flexibility index (Phi) is 3.47. The number of rotatable bonds is 2. The molecule has 4 rings (SSSR count). The normalized spacial score (nSPS) is 22.3. The van der Waals surface area contributed by atoms with Gasteiger partial charge in [0, 0.05) is 18.7 Å². The SMILES string of the molecule is CC(C)N1c2nnc(-c3ccccc3Cl)n2C2C1C(=O)NC(=O)N2C. The number of likely N-dealkylation sites (N-methyl/N-ethyl adjacent to an activating group) is 1. The molecule has 3 heterocycles. The first-order valence-electron chi connectivity index (χ1n) is 7.97. The van der Waals surface area contributed by atoms with Gasteiger partial charge in [0.25, 0.3) is 5.91 Å². The zero-order chi connectivity index (χ0) is 17.9. The number of fused-ring (bicyclic) bond motifs is 3. The Morgan fingerprint density at radius 3 is 2.60 bits per heavy atom. The fourth-order valence-corrected chi connectivity index (χ4v) is 3.75. The number of hydrogen-bond donors (Lipinski definition) is 1. The largest absolute Gasteiger partial charge is 0.325 e. The molecule has 2 aromatic rings. The van der Waals surface area contributed by atoms with E-state index < -0.39 is 18.2 Å². The van der Waals surface area contributed by atoms with Gasteiger partial charge in [0.1, 0.15) is 6.17 Å². The average molecular weight is 361 g/mol. The molecule has 0 radical (unpaired) electrons. The quantitative estimate of drug-likeness (QED) is 0.884. The van der Waals surface area contributed by atoms with E-state index in [0.29, 0.717) is 22.4 Å². The number of urea groups is 1. The first-order chi connectivity index (χ1) is 11.9. The van der Waals surface area contributed by atoms with Gasteiger partial charge in [-0.1, -0.05) is 23.7 Å². The molecular weight excluding hydrogens is 344 g/mol. The molecule has 2 unspecified atom stereocenters. The smallest absolute Gasteiger partial charge is 0.322 e. The standard InChI is InChI=1S/C16H17ClN6O2/c1-8(2)22-11-13(24)18-16(25)21(3)14(11)23-12(19-20-15(22)23)9-6-4-5-7-10(9)17/h4-8,11,14H,1-3H3,(H,18,24,25). The minimum atomic E-state index is -0.561. The van der Waals surface area contributed by atoms with Crippen LogP contribution >= 0.6 is 11.6 Å². The van der Waals surface area contributed by atoms with Crippen LogP contribution in [0, 0.1) is 0 Å². The van der Waals surface area contributed by atoms with Crippen molar-refractivity contribution in [1.82, 2.24) is 25.0 Å². The highest BCUT2D eigenvalue weighted by Gasteiger charge is 2.53. The van der Waals surface area contributed by atoms with Gasteiger partial charge in [-0.2, -0.15) is 0 Å². The molecule has 8 nitrogen and oxygen atoms in total. The van der Waals surface area contributed by atoms with E-state index in [-0.39, 0.29) is 11.9 Å². The number of imide groups is 1. The zero-order valence-electron chi connectivity index (χ0n) is 14.0. The number of hydrogen-bond acceptors (Lipinski definition) is 5. The van der Waals surface area contributed by atoms with Crippen molar-refractivity contribution in [2.24, 2.45) is 0 Å². The molecule has 25 heavy (non-hydrogen) atoms. The summed E-state index contributed by atoms with van der Waals surface area (Å²) in [6, 6.07) is 6.31. The van der Waals surface area contributed by atoms with Crippen LogP contribution < -0.4 is 10.2 Å². The summed E-state index contributed by atoms with van der Waals surface area (Å²) in [6.07, 6.45) is -0.528. The molecule has 3 amide bonds. The van der Waals surface area contributed by atoms with Gasteiger partial charge < -0.3 is 9.80 Å². The van der Waals surface area contributed by atoms with E-state index >= 15 is 0 Å². The second-order valence-electron chi connectivity index (χ2n) is 6.44. The molecule has 0 spiro atoms. The first-order valence-corrected chi connectivity index (χ1v) is 8.35. The number of nitrogens with zero attached hydrogens (tertiary/aromatic N) is 5. The van der Waals surface area contributed by atoms with Crippen LogP contribution in [0.4, 0.5) is 10.7 Å². The van der Waals surface area contributed by atoms with Crippen molar-refractivity contribution in [3.63, 3.8) is 0 Å². The number of nitrogens with one attached hydrogen (secondary N) is 1. The van der Waals surface area contributed by atoms with E-state index in [4.69, 9.17) is 11.6 Å². The van der Waals surface area contributed by atoms with Crippen LogP contribution in [0.5, 0.6) is 0 Å². The van der Waals surface area contributed by atoms with Crippen molar-refractivity contribution < 1.29 is 9.59 Å². The van der Waals surface area contributed by atoms with Crippen molar-refractivity contribution in [1.29, 1.82) is 0 Å². The Morgan fingerprint density at radius 2 is 1.92 bits per heavy atom.